The minimum atomic E-state index is -0.478. The highest BCUT2D eigenvalue weighted by Crippen LogP contribution is 2.34. The molecule has 5 nitrogen and oxygen atoms in total. The molecule has 1 aromatic rings. The maximum atomic E-state index is 11.4. The molecule has 1 heterocycles. The van der Waals surface area contributed by atoms with E-state index < -0.39 is 4.92 Å². The fourth-order valence-electron chi connectivity index (χ4n) is 2.54. The van der Waals surface area contributed by atoms with Crippen LogP contribution in [-0.4, -0.2) is 23.8 Å². The van der Waals surface area contributed by atoms with Crippen LogP contribution in [0.4, 0.5) is 11.4 Å². The normalized spacial score (nSPS) is 17.9. The molecule has 108 valence electrons. The van der Waals surface area contributed by atoms with E-state index in [1.54, 1.807) is 6.07 Å². The molecule has 20 heavy (non-hydrogen) atoms. The molecule has 0 amide bonds. The first-order chi connectivity index (χ1) is 9.30. The zero-order valence-corrected chi connectivity index (χ0v) is 12.2. The fraction of sp³-hybridized carbons (Fsp3) is 0.533. The smallest absolute Gasteiger partial charge is 0.282 e. The SMILES string of the molecule is CC(=O)c1ccc(N2CCC(C)(C)CC2)cc1[N+](=O)[O-]. The van der Waals surface area contributed by atoms with Crippen molar-refractivity contribution in [3.8, 4) is 0 Å². The van der Waals surface area contributed by atoms with Gasteiger partial charge in [-0.3, -0.25) is 14.9 Å². The van der Waals surface area contributed by atoms with Gasteiger partial charge in [-0.1, -0.05) is 13.8 Å². The molecule has 0 aromatic heterocycles. The summed E-state index contributed by atoms with van der Waals surface area (Å²) in [4.78, 5) is 24.2. The fourth-order valence-corrected chi connectivity index (χ4v) is 2.54. The Morgan fingerprint density at radius 1 is 1.30 bits per heavy atom. The number of carbonyl (C=O) groups excluding carboxylic acids is 1. The van der Waals surface area contributed by atoms with E-state index in [1.807, 2.05) is 6.07 Å². The van der Waals surface area contributed by atoms with Crippen LogP contribution in [0, 0.1) is 15.5 Å². The van der Waals surface area contributed by atoms with Crippen molar-refractivity contribution in [1.29, 1.82) is 0 Å². The zero-order valence-electron chi connectivity index (χ0n) is 12.2. The predicted molar refractivity (Wildman–Crippen MR) is 78.3 cm³/mol. The van der Waals surface area contributed by atoms with Crippen molar-refractivity contribution < 1.29 is 9.72 Å². The van der Waals surface area contributed by atoms with E-state index >= 15 is 0 Å². The molecule has 0 N–H and O–H groups in total. The number of rotatable bonds is 3. The molecule has 0 radical (unpaired) electrons. The second-order valence-corrected chi connectivity index (χ2v) is 6.17. The van der Waals surface area contributed by atoms with Gasteiger partial charge in [-0.05, 0) is 37.3 Å². The van der Waals surface area contributed by atoms with E-state index in [0.29, 0.717) is 5.41 Å². The zero-order chi connectivity index (χ0) is 14.9. The Kier molecular flexibility index (Phi) is 3.79. The Balaban J connectivity index is 2.28. The molecule has 1 fully saturated rings. The van der Waals surface area contributed by atoms with Gasteiger partial charge in [-0.2, -0.15) is 0 Å². The van der Waals surface area contributed by atoms with Gasteiger partial charge in [0.2, 0.25) is 0 Å². The van der Waals surface area contributed by atoms with Crippen molar-refractivity contribution in [3.63, 3.8) is 0 Å². The van der Waals surface area contributed by atoms with Crippen molar-refractivity contribution in [2.24, 2.45) is 5.41 Å². The standard InChI is InChI=1S/C15H20N2O3/c1-11(18)13-5-4-12(10-14(13)17(19)20)16-8-6-15(2,3)7-9-16/h4-5,10H,6-9H2,1-3H3. The minimum absolute atomic E-state index is 0.0974. The lowest BCUT2D eigenvalue weighted by molar-refractivity contribution is -0.385. The second-order valence-electron chi connectivity index (χ2n) is 6.17. The number of hydrogen-bond acceptors (Lipinski definition) is 4. The number of nitrogens with zero attached hydrogens (tertiary/aromatic N) is 2. The lowest BCUT2D eigenvalue weighted by Crippen LogP contribution is -2.37. The Labute approximate surface area is 118 Å². The molecular weight excluding hydrogens is 256 g/mol. The minimum Gasteiger partial charge on any atom is -0.371 e. The number of hydrogen-bond donors (Lipinski definition) is 0. The Bertz CT molecular complexity index is 542. The van der Waals surface area contributed by atoms with Gasteiger partial charge in [0.15, 0.2) is 5.78 Å². The molecule has 1 aliphatic heterocycles. The van der Waals surface area contributed by atoms with E-state index in [9.17, 15) is 14.9 Å². The monoisotopic (exact) mass is 276 g/mol. The summed E-state index contributed by atoms with van der Waals surface area (Å²) >= 11 is 0. The number of nitro benzene ring substituents is 1. The van der Waals surface area contributed by atoms with Crippen LogP contribution in [0.2, 0.25) is 0 Å². The van der Waals surface area contributed by atoms with E-state index in [2.05, 4.69) is 18.7 Å². The van der Waals surface area contributed by atoms with Gasteiger partial charge >= 0.3 is 0 Å². The Morgan fingerprint density at radius 2 is 1.90 bits per heavy atom. The second kappa shape index (κ2) is 5.23. The molecule has 0 atom stereocenters. The Morgan fingerprint density at radius 3 is 2.40 bits per heavy atom. The van der Waals surface area contributed by atoms with E-state index in [0.717, 1.165) is 31.6 Å². The molecule has 0 spiro atoms. The first-order valence-electron chi connectivity index (χ1n) is 6.84. The summed E-state index contributed by atoms with van der Waals surface area (Å²) in [5, 5.41) is 11.1. The largest absolute Gasteiger partial charge is 0.371 e. The summed E-state index contributed by atoms with van der Waals surface area (Å²) in [5.41, 5.74) is 1.25. The van der Waals surface area contributed by atoms with Crippen molar-refractivity contribution in [3.05, 3.63) is 33.9 Å². The number of Topliss-reactive ketones (excluding diaryl/α,β-unsaturated/α-hetero) is 1. The van der Waals surface area contributed by atoms with Crippen LogP contribution in [0.1, 0.15) is 44.0 Å². The topological polar surface area (TPSA) is 63.5 Å². The third-order valence-corrected chi connectivity index (χ3v) is 4.04. The quantitative estimate of drug-likeness (QED) is 0.482. The molecule has 0 unspecified atom stereocenters. The van der Waals surface area contributed by atoms with Gasteiger partial charge in [0.1, 0.15) is 0 Å². The molecule has 0 bridgehead atoms. The van der Waals surface area contributed by atoms with Crippen LogP contribution in [0.3, 0.4) is 0 Å². The van der Waals surface area contributed by atoms with Crippen molar-refractivity contribution in [2.75, 3.05) is 18.0 Å². The number of piperidine rings is 1. The van der Waals surface area contributed by atoms with Gasteiger partial charge in [0.05, 0.1) is 10.5 Å². The number of ketones is 1. The first kappa shape index (κ1) is 14.5. The summed E-state index contributed by atoms with van der Waals surface area (Å²) in [6.07, 6.45) is 2.13. The summed E-state index contributed by atoms with van der Waals surface area (Å²) in [5.74, 6) is -0.275. The van der Waals surface area contributed by atoms with E-state index in [4.69, 9.17) is 0 Å². The Hall–Kier alpha value is -1.91. The van der Waals surface area contributed by atoms with Crippen molar-refractivity contribution in [2.45, 2.75) is 33.6 Å². The highest BCUT2D eigenvalue weighted by atomic mass is 16.6. The van der Waals surface area contributed by atoms with Crippen LogP contribution < -0.4 is 4.90 Å². The van der Waals surface area contributed by atoms with Crippen LogP contribution in [-0.2, 0) is 0 Å². The summed E-state index contributed by atoms with van der Waals surface area (Å²) in [6, 6.07) is 4.90. The highest BCUT2D eigenvalue weighted by Gasteiger charge is 2.27. The summed E-state index contributed by atoms with van der Waals surface area (Å²) < 4.78 is 0. The molecule has 0 saturated carbocycles. The molecule has 1 aliphatic rings. The van der Waals surface area contributed by atoms with Crippen molar-refractivity contribution >= 4 is 17.2 Å². The first-order valence-corrected chi connectivity index (χ1v) is 6.84. The molecule has 0 aliphatic carbocycles. The van der Waals surface area contributed by atoms with Gasteiger partial charge < -0.3 is 4.90 Å². The van der Waals surface area contributed by atoms with Gasteiger partial charge in [0.25, 0.3) is 5.69 Å². The van der Waals surface area contributed by atoms with E-state index in [1.165, 1.54) is 13.0 Å². The third-order valence-electron chi connectivity index (χ3n) is 4.04. The predicted octanol–water partition coefficient (Wildman–Crippen LogP) is 3.42. The van der Waals surface area contributed by atoms with Crippen molar-refractivity contribution in [1.82, 2.24) is 0 Å². The maximum absolute atomic E-state index is 11.4. The molecule has 1 aromatic carbocycles. The number of nitro groups is 1. The number of anilines is 1. The van der Waals surface area contributed by atoms with Gasteiger partial charge in [-0.25, -0.2) is 0 Å². The highest BCUT2D eigenvalue weighted by molar-refractivity contribution is 5.98. The summed E-state index contributed by atoms with van der Waals surface area (Å²) in [6.45, 7) is 7.62. The summed E-state index contributed by atoms with van der Waals surface area (Å²) in [7, 11) is 0. The number of carbonyl (C=O) groups is 1. The number of benzene rings is 1. The van der Waals surface area contributed by atoms with Crippen LogP contribution in [0.15, 0.2) is 18.2 Å². The average Bonchev–Trinajstić information content (AvgIpc) is 2.37. The van der Waals surface area contributed by atoms with Crippen LogP contribution >= 0.6 is 0 Å². The van der Waals surface area contributed by atoms with Gasteiger partial charge in [-0.15, -0.1) is 0 Å². The third kappa shape index (κ3) is 2.98. The van der Waals surface area contributed by atoms with Gasteiger partial charge in [0, 0.05) is 24.8 Å². The lowest BCUT2D eigenvalue weighted by atomic mass is 9.82. The lowest BCUT2D eigenvalue weighted by Gasteiger charge is -2.38. The van der Waals surface area contributed by atoms with E-state index in [-0.39, 0.29) is 17.0 Å². The van der Waals surface area contributed by atoms with Crippen LogP contribution in [0.25, 0.3) is 0 Å². The molecule has 1 saturated heterocycles. The average molecular weight is 276 g/mol. The molecule has 5 heteroatoms. The maximum Gasteiger partial charge on any atom is 0.282 e. The molecular formula is C15H20N2O3. The van der Waals surface area contributed by atoms with Crippen LogP contribution in [0.5, 0.6) is 0 Å². The molecule has 2 rings (SSSR count).